The van der Waals surface area contributed by atoms with E-state index in [1.807, 2.05) is 0 Å². The molecule has 8 nitrogen and oxygen atoms in total. The van der Waals surface area contributed by atoms with E-state index < -0.39 is 12.1 Å². The molecule has 0 aromatic carbocycles. The van der Waals surface area contributed by atoms with Crippen LogP contribution >= 0.6 is 0 Å². The molecule has 0 unspecified atom stereocenters. The van der Waals surface area contributed by atoms with Crippen LogP contribution in [0.25, 0.3) is 11.4 Å². The third kappa shape index (κ3) is 6.34. The van der Waals surface area contributed by atoms with Crippen LogP contribution in [-0.4, -0.2) is 33.2 Å². The maximum atomic E-state index is 11.0. The number of carboxylic acid groups (broad SMARTS) is 1. The average Bonchev–Trinajstić information content (AvgIpc) is 2.56. The van der Waals surface area contributed by atoms with E-state index in [9.17, 15) is 18.0 Å². The van der Waals surface area contributed by atoms with Crippen LogP contribution in [0.4, 0.5) is 13.2 Å². The van der Waals surface area contributed by atoms with Gasteiger partial charge in [-0.05, 0) is 6.07 Å². The number of halogens is 3. The van der Waals surface area contributed by atoms with Gasteiger partial charge in [-0.15, -0.1) is 0 Å². The number of aliphatic carboxylic acids is 1. The third-order valence-corrected chi connectivity index (χ3v) is 2.23. The molecule has 128 valence electrons. The maximum absolute atomic E-state index is 11.0. The van der Waals surface area contributed by atoms with Crippen LogP contribution < -0.4 is 14.8 Å². The van der Waals surface area contributed by atoms with Gasteiger partial charge in [0.2, 0.25) is 0 Å². The first-order chi connectivity index (χ1) is 11.2. The Labute approximate surface area is 133 Å². The molecule has 0 bridgehead atoms. The number of nitrogens with zero attached hydrogens (tertiary/aromatic N) is 4. The fraction of sp³-hybridized carbons (Fsp3) is 0.231. The van der Waals surface area contributed by atoms with Crippen molar-refractivity contribution in [2.24, 2.45) is 0 Å². The van der Waals surface area contributed by atoms with Crippen molar-refractivity contribution in [2.75, 3.05) is 0 Å². The van der Waals surface area contributed by atoms with E-state index in [0.29, 0.717) is 12.2 Å². The summed E-state index contributed by atoms with van der Waals surface area (Å²) >= 11 is 0. The Morgan fingerprint density at radius 3 is 2.29 bits per heavy atom. The Kier molecular flexibility index (Phi) is 6.71. The summed E-state index contributed by atoms with van der Waals surface area (Å²) in [6.45, 7) is 1.72. The second kappa shape index (κ2) is 8.50. The molecule has 0 saturated heterocycles. The van der Waals surface area contributed by atoms with Crippen LogP contribution in [0.2, 0.25) is 0 Å². The van der Waals surface area contributed by atoms with Crippen molar-refractivity contribution in [3.63, 3.8) is 0 Å². The van der Waals surface area contributed by atoms with Crippen molar-refractivity contribution >= 4 is 11.9 Å². The van der Waals surface area contributed by atoms with Gasteiger partial charge >= 0.3 is 12.1 Å². The zero-order valence-electron chi connectivity index (χ0n) is 12.2. The number of hydrogen-bond acceptors (Lipinski definition) is 7. The molecule has 0 atom stereocenters. The summed E-state index contributed by atoms with van der Waals surface area (Å²) in [5, 5.41) is 12.7. The molecule has 0 aliphatic rings. The summed E-state index contributed by atoms with van der Waals surface area (Å²) in [6, 6.07) is 3.47. The molecule has 2 rings (SSSR count). The molecule has 0 spiro atoms. The summed E-state index contributed by atoms with van der Waals surface area (Å²) in [5.41, 5.74) is 0.759. The standard InChI is InChI=1S/C11H11N4O2.C2HF3O2/c1-2-10(16)17-15-7-4-9(8-14-15)11-12-5-3-6-13-11;3-2(4,5)1(6)7/h3-8H,2H2,1H3;(H,6,7)/q+1;/p-1. The van der Waals surface area contributed by atoms with Crippen molar-refractivity contribution in [1.29, 1.82) is 0 Å². The number of carbonyl (C=O) groups excluding carboxylic acids is 2. The molecule has 0 saturated carbocycles. The Morgan fingerprint density at radius 1 is 1.29 bits per heavy atom. The molecule has 0 aliphatic carbocycles. The maximum Gasteiger partial charge on any atom is 0.430 e. The lowest BCUT2D eigenvalue weighted by Crippen LogP contribution is -2.48. The monoisotopic (exact) mass is 344 g/mol. The number of hydrogen-bond donors (Lipinski definition) is 0. The molecule has 0 N–H and O–H groups in total. The molecule has 0 fully saturated rings. The van der Waals surface area contributed by atoms with Gasteiger partial charge in [-0.3, -0.25) is 0 Å². The largest absolute Gasteiger partial charge is 0.542 e. The molecule has 0 amide bonds. The van der Waals surface area contributed by atoms with Gasteiger partial charge in [0.15, 0.2) is 5.82 Å². The summed E-state index contributed by atoms with van der Waals surface area (Å²) in [6.07, 6.45) is 1.50. The Morgan fingerprint density at radius 2 is 1.88 bits per heavy atom. The fourth-order valence-electron chi connectivity index (χ4n) is 1.15. The first kappa shape index (κ1) is 18.9. The quantitative estimate of drug-likeness (QED) is 0.690. The minimum atomic E-state index is -5.19. The van der Waals surface area contributed by atoms with Gasteiger partial charge in [0.25, 0.3) is 6.20 Å². The van der Waals surface area contributed by atoms with Gasteiger partial charge in [0.05, 0.1) is 6.42 Å². The van der Waals surface area contributed by atoms with E-state index in [-0.39, 0.29) is 5.97 Å². The predicted octanol–water partition coefficient (Wildman–Crippen LogP) is -0.510. The van der Waals surface area contributed by atoms with Crippen LogP contribution in [0.3, 0.4) is 0 Å². The number of alkyl halides is 3. The summed E-state index contributed by atoms with van der Waals surface area (Å²) < 4.78 is 31.5. The highest BCUT2D eigenvalue weighted by Crippen LogP contribution is 2.11. The van der Waals surface area contributed by atoms with Gasteiger partial charge in [-0.25, -0.2) is 14.8 Å². The number of carbonyl (C=O) groups is 2. The number of rotatable bonds is 3. The first-order valence-corrected chi connectivity index (χ1v) is 6.38. The summed E-state index contributed by atoms with van der Waals surface area (Å²) in [5.74, 6) is -2.77. The van der Waals surface area contributed by atoms with Gasteiger partial charge in [-0.2, -0.15) is 18.0 Å². The Bertz CT molecular complexity index is 678. The topological polar surface area (TPSA) is 109 Å². The minimum Gasteiger partial charge on any atom is -0.542 e. The van der Waals surface area contributed by atoms with E-state index in [1.165, 1.54) is 6.20 Å². The van der Waals surface area contributed by atoms with E-state index in [1.54, 1.807) is 37.6 Å². The highest BCUT2D eigenvalue weighted by Gasteiger charge is 2.28. The minimum absolute atomic E-state index is 0.304. The molecule has 11 heteroatoms. The van der Waals surface area contributed by atoms with E-state index in [4.69, 9.17) is 14.7 Å². The highest BCUT2D eigenvalue weighted by molar-refractivity contribution is 5.70. The number of aromatic nitrogens is 4. The lowest BCUT2D eigenvalue weighted by atomic mass is 10.3. The van der Waals surface area contributed by atoms with Crippen LogP contribution in [0.15, 0.2) is 36.9 Å². The zero-order valence-corrected chi connectivity index (χ0v) is 12.2. The molecule has 2 aromatic heterocycles. The molecule has 2 aromatic rings. The van der Waals surface area contributed by atoms with Crippen LogP contribution in [0, 0.1) is 0 Å². The van der Waals surface area contributed by atoms with Gasteiger partial charge < -0.3 is 9.90 Å². The molecule has 2 heterocycles. The molecular weight excluding hydrogens is 333 g/mol. The molecule has 0 aliphatic heterocycles. The van der Waals surface area contributed by atoms with Gasteiger partial charge in [0, 0.05) is 29.1 Å². The van der Waals surface area contributed by atoms with E-state index >= 15 is 0 Å². The zero-order chi connectivity index (χ0) is 18.2. The van der Waals surface area contributed by atoms with Gasteiger partial charge in [0.1, 0.15) is 17.0 Å². The summed E-state index contributed by atoms with van der Waals surface area (Å²) in [7, 11) is 0. The predicted molar refractivity (Wildman–Crippen MR) is 68.4 cm³/mol. The van der Waals surface area contributed by atoms with Gasteiger partial charge in [-0.1, -0.05) is 6.92 Å². The van der Waals surface area contributed by atoms with Crippen LogP contribution in [0.5, 0.6) is 0 Å². The Hall–Kier alpha value is -3.11. The van der Waals surface area contributed by atoms with Crippen molar-refractivity contribution in [3.8, 4) is 11.4 Å². The van der Waals surface area contributed by atoms with E-state index in [2.05, 4.69) is 15.1 Å². The highest BCUT2D eigenvalue weighted by atomic mass is 19.4. The Balaban J connectivity index is 0.000000351. The van der Waals surface area contributed by atoms with Crippen LogP contribution in [0.1, 0.15) is 13.3 Å². The van der Waals surface area contributed by atoms with E-state index in [0.717, 1.165) is 10.4 Å². The molecule has 24 heavy (non-hydrogen) atoms. The van der Waals surface area contributed by atoms with Crippen molar-refractivity contribution in [2.45, 2.75) is 19.5 Å². The summed E-state index contributed by atoms with van der Waals surface area (Å²) in [4.78, 5) is 34.0. The SMILES string of the molecule is CCC(=O)O[n+]1ccc(-c2ncccn2)cn1.O=C([O-])C(F)(F)F. The lowest BCUT2D eigenvalue weighted by Gasteiger charge is -2.03. The van der Waals surface area contributed by atoms with Crippen molar-refractivity contribution < 1.29 is 37.5 Å². The first-order valence-electron chi connectivity index (χ1n) is 6.38. The molecule has 0 radical (unpaired) electrons. The van der Waals surface area contributed by atoms with Crippen molar-refractivity contribution in [1.82, 2.24) is 15.1 Å². The fourth-order valence-corrected chi connectivity index (χ4v) is 1.15. The smallest absolute Gasteiger partial charge is 0.430 e. The van der Waals surface area contributed by atoms with Crippen LogP contribution in [-0.2, 0) is 9.59 Å². The third-order valence-electron chi connectivity index (χ3n) is 2.23. The normalized spacial score (nSPS) is 10.3. The number of carboxylic acids is 1. The lowest BCUT2D eigenvalue weighted by molar-refractivity contribution is -0.915. The second-order valence-electron chi connectivity index (χ2n) is 3.99. The average molecular weight is 344 g/mol. The second-order valence-corrected chi connectivity index (χ2v) is 3.99. The molecular formula is C13H11F3N4O4. The van der Waals surface area contributed by atoms with Crippen molar-refractivity contribution in [3.05, 3.63) is 36.9 Å².